The molecule has 0 aliphatic rings. The van der Waals surface area contributed by atoms with Gasteiger partial charge >= 0.3 is 6.09 Å². The van der Waals surface area contributed by atoms with Crippen LogP contribution in [0.1, 0.15) is 47.1 Å². The third-order valence-corrected chi connectivity index (χ3v) is 3.11. The number of benzene rings is 1. The molecule has 136 valence electrons. The lowest BCUT2D eigenvalue weighted by Crippen LogP contribution is -2.34. The summed E-state index contributed by atoms with van der Waals surface area (Å²) >= 11 is 0. The van der Waals surface area contributed by atoms with E-state index in [4.69, 9.17) is 14.2 Å². The van der Waals surface area contributed by atoms with Crippen LogP contribution >= 0.6 is 0 Å². The minimum absolute atomic E-state index is 0.100. The van der Waals surface area contributed by atoms with E-state index >= 15 is 0 Å². The third-order valence-electron chi connectivity index (χ3n) is 3.11. The number of ether oxygens (including phenoxy) is 3. The first-order valence-electron chi connectivity index (χ1n) is 8.36. The van der Waals surface area contributed by atoms with Crippen LogP contribution in [-0.4, -0.2) is 38.1 Å². The number of amides is 1. The molecule has 24 heavy (non-hydrogen) atoms. The van der Waals surface area contributed by atoms with Crippen molar-refractivity contribution in [2.24, 2.45) is 0 Å². The molecule has 0 aliphatic carbocycles. The van der Waals surface area contributed by atoms with Crippen LogP contribution in [0.3, 0.4) is 0 Å². The number of carbonyl (C=O) groups is 1. The van der Waals surface area contributed by atoms with E-state index in [1.807, 2.05) is 32.9 Å². The second kappa shape index (κ2) is 8.92. The number of hydrogen-bond donors (Lipinski definition) is 1. The highest BCUT2D eigenvalue weighted by molar-refractivity contribution is 5.67. The Balaban J connectivity index is 2.16. The summed E-state index contributed by atoms with van der Waals surface area (Å²) in [6, 6.07) is 8.11. The van der Waals surface area contributed by atoms with Gasteiger partial charge in [-0.3, -0.25) is 0 Å². The maximum Gasteiger partial charge on any atom is 0.407 e. The zero-order valence-electron chi connectivity index (χ0n) is 15.8. The Morgan fingerprint density at radius 1 is 1.04 bits per heavy atom. The van der Waals surface area contributed by atoms with Crippen molar-refractivity contribution in [2.45, 2.75) is 52.6 Å². The second-order valence-electron chi connectivity index (χ2n) is 7.67. The van der Waals surface area contributed by atoms with E-state index in [9.17, 15) is 4.79 Å². The van der Waals surface area contributed by atoms with Gasteiger partial charge in [-0.1, -0.05) is 32.9 Å². The predicted molar refractivity (Wildman–Crippen MR) is 95.7 cm³/mol. The zero-order chi connectivity index (χ0) is 18.2. The molecule has 1 amide bonds. The lowest BCUT2D eigenvalue weighted by Gasteiger charge is -2.20. The smallest absolute Gasteiger partial charge is 0.407 e. The van der Waals surface area contributed by atoms with E-state index in [0.29, 0.717) is 26.4 Å². The third kappa shape index (κ3) is 8.77. The summed E-state index contributed by atoms with van der Waals surface area (Å²) in [4.78, 5) is 11.4. The molecule has 0 heterocycles. The number of hydrogen-bond acceptors (Lipinski definition) is 4. The number of nitrogens with one attached hydrogen (secondary N) is 1. The molecule has 0 saturated carbocycles. The summed E-state index contributed by atoms with van der Waals surface area (Å²) in [5, 5.41) is 2.64. The highest BCUT2D eigenvalue weighted by Crippen LogP contribution is 2.25. The highest BCUT2D eigenvalue weighted by Gasteiger charge is 2.15. The van der Waals surface area contributed by atoms with Crippen LogP contribution in [0, 0.1) is 0 Å². The Labute approximate surface area is 145 Å². The molecule has 1 aromatic rings. The van der Waals surface area contributed by atoms with Crippen LogP contribution in [0.4, 0.5) is 4.79 Å². The Morgan fingerprint density at radius 2 is 1.75 bits per heavy atom. The molecule has 5 heteroatoms. The van der Waals surface area contributed by atoms with E-state index in [1.54, 1.807) is 0 Å². The molecule has 0 aromatic heterocycles. The van der Waals surface area contributed by atoms with Crippen molar-refractivity contribution in [1.29, 1.82) is 0 Å². The molecule has 0 radical (unpaired) electrons. The number of alkyl carbamates (subject to hydrolysis) is 1. The van der Waals surface area contributed by atoms with Gasteiger partial charge in [0.25, 0.3) is 0 Å². The van der Waals surface area contributed by atoms with Crippen LogP contribution in [0.2, 0.25) is 0 Å². The van der Waals surface area contributed by atoms with Gasteiger partial charge in [0.05, 0.1) is 13.2 Å². The minimum Gasteiger partial charge on any atom is -0.491 e. The first-order chi connectivity index (χ1) is 11.1. The van der Waals surface area contributed by atoms with Crippen molar-refractivity contribution in [1.82, 2.24) is 5.32 Å². The topological polar surface area (TPSA) is 56.8 Å². The maximum atomic E-state index is 11.4. The quantitative estimate of drug-likeness (QED) is 0.767. The standard InChI is InChI=1S/C19H31NO4/c1-18(2,3)15-8-7-9-16(14-15)23-13-12-22-11-10-20-17(21)24-19(4,5)6/h7-9,14H,10-13H2,1-6H3,(H,20,21). The van der Waals surface area contributed by atoms with Crippen LogP contribution in [0.25, 0.3) is 0 Å². The highest BCUT2D eigenvalue weighted by atomic mass is 16.6. The van der Waals surface area contributed by atoms with E-state index in [-0.39, 0.29) is 5.41 Å². The van der Waals surface area contributed by atoms with Crippen LogP contribution in [-0.2, 0) is 14.9 Å². The summed E-state index contributed by atoms with van der Waals surface area (Å²) in [6.07, 6.45) is -0.429. The molecule has 0 saturated heterocycles. The fourth-order valence-electron chi connectivity index (χ4n) is 1.91. The van der Waals surface area contributed by atoms with E-state index < -0.39 is 11.7 Å². The van der Waals surface area contributed by atoms with Crippen LogP contribution < -0.4 is 10.1 Å². The molecule has 0 bridgehead atoms. The van der Waals surface area contributed by atoms with Gasteiger partial charge in [0.2, 0.25) is 0 Å². The lowest BCUT2D eigenvalue weighted by atomic mass is 9.87. The van der Waals surface area contributed by atoms with Crippen molar-refractivity contribution >= 4 is 6.09 Å². The Hall–Kier alpha value is -1.75. The van der Waals surface area contributed by atoms with Crippen molar-refractivity contribution in [2.75, 3.05) is 26.4 Å². The normalized spacial score (nSPS) is 11.9. The Kier molecular flexibility index (Phi) is 7.55. The molecule has 1 rings (SSSR count). The minimum atomic E-state index is -0.486. The van der Waals surface area contributed by atoms with E-state index in [1.165, 1.54) is 5.56 Å². The van der Waals surface area contributed by atoms with Crippen molar-refractivity contribution in [3.8, 4) is 5.75 Å². The SMILES string of the molecule is CC(C)(C)OC(=O)NCCOCCOc1cccc(C(C)(C)C)c1. The van der Waals surface area contributed by atoms with Gasteiger partial charge < -0.3 is 19.5 Å². The van der Waals surface area contributed by atoms with E-state index in [2.05, 4.69) is 38.2 Å². The number of rotatable bonds is 7. The summed E-state index contributed by atoms with van der Waals surface area (Å²) in [5.41, 5.74) is 0.853. The summed E-state index contributed by atoms with van der Waals surface area (Å²) in [5.74, 6) is 0.845. The van der Waals surface area contributed by atoms with Crippen molar-refractivity contribution in [3.05, 3.63) is 29.8 Å². The number of carbonyl (C=O) groups excluding carboxylic acids is 1. The summed E-state index contributed by atoms with van der Waals surface area (Å²) < 4.78 is 16.3. The van der Waals surface area contributed by atoms with Gasteiger partial charge in [-0.2, -0.15) is 0 Å². The maximum absolute atomic E-state index is 11.4. The first-order valence-corrected chi connectivity index (χ1v) is 8.36. The van der Waals surface area contributed by atoms with Crippen LogP contribution in [0.5, 0.6) is 5.75 Å². The fourth-order valence-corrected chi connectivity index (χ4v) is 1.91. The molecule has 0 unspecified atom stereocenters. The van der Waals surface area contributed by atoms with Gasteiger partial charge in [-0.15, -0.1) is 0 Å². The van der Waals surface area contributed by atoms with Gasteiger partial charge in [0.15, 0.2) is 0 Å². The van der Waals surface area contributed by atoms with Crippen LogP contribution in [0.15, 0.2) is 24.3 Å². The molecule has 1 aromatic carbocycles. The molecule has 0 atom stereocenters. The molecule has 5 nitrogen and oxygen atoms in total. The Morgan fingerprint density at radius 3 is 2.38 bits per heavy atom. The summed E-state index contributed by atoms with van der Waals surface area (Å²) in [7, 11) is 0. The predicted octanol–water partition coefficient (Wildman–Crippen LogP) is 3.90. The largest absolute Gasteiger partial charge is 0.491 e. The fraction of sp³-hybridized carbons (Fsp3) is 0.632. The van der Waals surface area contributed by atoms with Gasteiger partial charge in [0, 0.05) is 6.54 Å². The molecular formula is C19H31NO4. The van der Waals surface area contributed by atoms with Gasteiger partial charge in [-0.05, 0) is 43.9 Å². The van der Waals surface area contributed by atoms with Gasteiger partial charge in [0.1, 0.15) is 18.0 Å². The first kappa shape index (κ1) is 20.3. The molecule has 0 spiro atoms. The van der Waals surface area contributed by atoms with Crippen molar-refractivity contribution < 1.29 is 19.0 Å². The average Bonchev–Trinajstić information content (AvgIpc) is 2.44. The van der Waals surface area contributed by atoms with Gasteiger partial charge in [-0.25, -0.2) is 4.79 Å². The average molecular weight is 337 g/mol. The zero-order valence-corrected chi connectivity index (χ0v) is 15.8. The molecular weight excluding hydrogens is 306 g/mol. The summed E-state index contributed by atoms with van der Waals surface area (Å²) in [6.45, 7) is 13.8. The molecule has 1 N–H and O–H groups in total. The monoisotopic (exact) mass is 337 g/mol. The molecule has 0 aliphatic heterocycles. The molecule has 0 fully saturated rings. The second-order valence-corrected chi connectivity index (χ2v) is 7.67. The Bertz CT molecular complexity index is 515. The lowest BCUT2D eigenvalue weighted by molar-refractivity contribution is 0.0489. The van der Waals surface area contributed by atoms with E-state index in [0.717, 1.165) is 5.75 Å². The van der Waals surface area contributed by atoms with Crippen molar-refractivity contribution in [3.63, 3.8) is 0 Å².